The van der Waals surface area contributed by atoms with Crippen LogP contribution >= 0.6 is 11.8 Å². The first kappa shape index (κ1) is 18.0. The van der Waals surface area contributed by atoms with E-state index in [-0.39, 0.29) is 34.8 Å². The number of hydrogen-bond donors (Lipinski definition) is 1. The monoisotopic (exact) mass is 396 g/mol. The van der Waals surface area contributed by atoms with E-state index in [1.54, 1.807) is 9.80 Å². The Labute approximate surface area is 158 Å². The molecular weight excluding hydrogens is 378 g/mol. The minimum absolute atomic E-state index is 0.0467. The average Bonchev–Trinajstić information content (AvgIpc) is 3.26. The summed E-state index contributed by atoms with van der Waals surface area (Å²) in [5, 5.41) is 0.373. The summed E-state index contributed by atoms with van der Waals surface area (Å²) in [6.45, 7) is 2.19. The lowest BCUT2D eigenvalue weighted by Gasteiger charge is -2.35. The second-order valence-electron chi connectivity index (χ2n) is 6.53. The van der Waals surface area contributed by atoms with Crippen LogP contribution < -0.4 is 0 Å². The van der Waals surface area contributed by atoms with Gasteiger partial charge in [0.05, 0.1) is 17.8 Å². The number of carbonyl (C=O) groups is 2. The van der Waals surface area contributed by atoms with Crippen molar-refractivity contribution in [2.45, 2.75) is 24.0 Å². The fourth-order valence-corrected chi connectivity index (χ4v) is 4.25. The van der Waals surface area contributed by atoms with E-state index in [0.29, 0.717) is 31.4 Å². The van der Waals surface area contributed by atoms with Crippen LogP contribution in [0.1, 0.15) is 12.8 Å². The number of cyclic esters (lactones) is 1. The van der Waals surface area contributed by atoms with Crippen molar-refractivity contribution in [3.8, 4) is 0 Å². The van der Waals surface area contributed by atoms with Gasteiger partial charge in [-0.05, 0) is 18.9 Å². The predicted octanol–water partition coefficient (Wildman–Crippen LogP) is 2.38. The van der Waals surface area contributed by atoms with Gasteiger partial charge in [-0.3, -0.25) is 4.79 Å². The molecule has 0 saturated carbocycles. The lowest BCUT2D eigenvalue weighted by atomic mass is 10.0. The van der Waals surface area contributed by atoms with Crippen LogP contribution in [0.5, 0.6) is 0 Å². The number of halogens is 2. The molecule has 2 aliphatic rings. The van der Waals surface area contributed by atoms with E-state index in [0.717, 1.165) is 30.7 Å². The molecule has 10 heteroatoms. The van der Waals surface area contributed by atoms with Gasteiger partial charge >= 0.3 is 6.09 Å². The maximum Gasteiger partial charge on any atom is 0.410 e. The van der Waals surface area contributed by atoms with E-state index in [1.165, 1.54) is 6.07 Å². The SMILES string of the molecule is O=C(CSc1nc2c(F)cc(F)cc2[nH]1)N1CCC(N2CCOC2=O)CC1. The molecule has 2 aromatic rings. The minimum Gasteiger partial charge on any atom is -0.448 e. The number of amides is 2. The topological polar surface area (TPSA) is 78.5 Å². The number of hydrogen-bond acceptors (Lipinski definition) is 5. The normalized spacial score (nSPS) is 18.4. The number of benzene rings is 1. The van der Waals surface area contributed by atoms with Gasteiger partial charge in [-0.1, -0.05) is 11.8 Å². The third-order valence-electron chi connectivity index (χ3n) is 4.87. The maximum absolute atomic E-state index is 13.7. The zero-order chi connectivity index (χ0) is 19.0. The van der Waals surface area contributed by atoms with Gasteiger partial charge in [-0.2, -0.15) is 0 Å². The summed E-state index contributed by atoms with van der Waals surface area (Å²) in [4.78, 5) is 34.5. The number of aromatic nitrogens is 2. The zero-order valence-electron chi connectivity index (χ0n) is 14.4. The molecule has 0 unspecified atom stereocenters. The largest absolute Gasteiger partial charge is 0.448 e. The van der Waals surface area contributed by atoms with Crippen LogP contribution in [0.25, 0.3) is 11.0 Å². The number of ether oxygens (including phenoxy) is 1. The molecule has 144 valence electrons. The summed E-state index contributed by atoms with van der Waals surface area (Å²) in [5.41, 5.74) is 0.324. The number of imidazole rings is 1. The molecule has 2 saturated heterocycles. The van der Waals surface area contributed by atoms with Crippen LogP contribution in [0.3, 0.4) is 0 Å². The van der Waals surface area contributed by atoms with Crippen molar-refractivity contribution in [1.82, 2.24) is 19.8 Å². The van der Waals surface area contributed by atoms with Gasteiger partial charge in [0.2, 0.25) is 5.91 Å². The number of carbonyl (C=O) groups excluding carboxylic acids is 2. The van der Waals surface area contributed by atoms with Crippen molar-refractivity contribution >= 4 is 34.8 Å². The van der Waals surface area contributed by atoms with Crippen LogP contribution in [0.15, 0.2) is 17.3 Å². The third-order valence-corrected chi connectivity index (χ3v) is 5.72. The number of H-pyrrole nitrogens is 1. The van der Waals surface area contributed by atoms with Crippen molar-refractivity contribution < 1.29 is 23.1 Å². The molecule has 0 bridgehead atoms. The Morgan fingerprint density at radius 3 is 2.78 bits per heavy atom. The number of thioether (sulfide) groups is 1. The Hall–Kier alpha value is -2.36. The van der Waals surface area contributed by atoms with E-state index >= 15 is 0 Å². The van der Waals surface area contributed by atoms with Crippen LogP contribution in [0, 0.1) is 11.6 Å². The van der Waals surface area contributed by atoms with Gasteiger partial charge in [0.15, 0.2) is 11.0 Å². The first-order chi connectivity index (χ1) is 13.0. The second-order valence-corrected chi connectivity index (χ2v) is 7.50. The number of nitrogens with one attached hydrogen (secondary N) is 1. The Balaban J connectivity index is 1.31. The highest BCUT2D eigenvalue weighted by atomic mass is 32.2. The summed E-state index contributed by atoms with van der Waals surface area (Å²) >= 11 is 1.16. The van der Waals surface area contributed by atoms with Crippen LogP contribution in [0.4, 0.5) is 13.6 Å². The predicted molar refractivity (Wildman–Crippen MR) is 94.4 cm³/mol. The Morgan fingerprint density at radius 2 is 2.07 bits per heavy atom. The molecule has 0 radical (unpaired) electrons. The Bertz CT molecular complexity index is 882. The highest BCUT2D eigenvalue weighted by molar-refractivity contribution is 7.99. The van der Waals surface area contributed by atoms with E-state index in [1.807, 2.05) is 0 Å². The highest BCUT2D eigenvalue weighted by Gasteiger charge is 2.33. The molecule has 2 aliphatic heterocycles. The molecular formula is C17H18F2N4O3S. The molecule has 1 N–H and O–H groups in total. The number of fused-ring (bicyclic) bond motifs is 1. The molecule has 0 atom stereocenters. The Kier molecular flexibility index (Phi) is 4.90. The van der Waals surface area contributed by atoms with Gasteiger partial charge in [0.25, 0.3) is 0 Å². The summed E-state index contributed by atoms with van der Waals surface area (Å²) in [6.07, 6.45) is 1.17. The Morgan fingerprint density at radius 1 is 1.30 bits per heavy atom. The average molecular weight is 396 g/mol. The molecule has 3 heterocycles. The van der Waals surface area contributed by atoms with Gasteiger partial charge in [-0.15, -0.1) is 0 Å². The standard InChI is InChI=1S/C17H18F2N4O3S/c18-10-7-12(19)15-13(8-10)20-16(21-15)27-9-14(24)22-3-1-11(2-4-22)23-5-6-26-17(23)25/h7-8,11H,1-6,9H2,(H,20,21). The minimum atomic E-state index is -0.734. The molecule has 1 aromatic carbocycles. The van der Waals surface area contributed by atoms with E-state index in [9.17, 15) is 18.4 Å². The number of likely N-dealkylation sites (tertiary alicyclic amines) is 1. The van der Waals surface area contributed by atoms with Gasteiger partial charge in [0.1, 0.15) is 17.9 Å². The quantitative estimate of drug-likeness (QED) is 0.803. The lowest BCUT2D eigenvalue weighted by molar-refractivity contribution is -0.129. The van der Waals surface area contributed by atoms with Gasteiger partial charge in [0, 0.05) is 25.2 Å². The molecule has 1 aromatic heterocycles. The first-order valence-electron chi connectivity index (χ1n) is 8.70. The van der Waals surface area contributed by atoms with Gasteiger partial charge < -0.3 is 19.5 Å². The number of aromatic amines is 1. The third kappa shape index (κ3) is 3.71. The molecule has 4 rings (SSSR count). The maximum atomic E-state index is 13.7. The summed E-state index contributed by atoms with van der Waals surface area (Å²) in [5.74, 6) is -1.31. The van der Waals surface area contributed by atoms with Crippen LogP contribution in [-0.4, -0.2) is 69.8 Å². The molecule has 27 heavy (non-hydrogen) atoms. The first-order valence-corrected chi connectivity index (χ1v) is 9.68. The summed E-state index contributed by atoms with van der Waals surface area (Å²) < 4.78 is 31.9. The molecule has 2 amide bonds. The van der Waals surface area contributed by atoms with Crippen LogP contribution in [0.2, 0.25) is 0 Å². The fraction of sp³-hybridized carbons (Fsp3) is 0.471. The molecule has 0 aliphatic carbocycles. The number of rotatable bonds is 4. The number of nitrogens with zero attached hydrogens (tertiary/aromatic N) is 3. The van der Waals surface area contributed by atoms with E-state index in [2.05, 4.69) is 9.97 Å². The zero-order valence-corrected chi connectivity index (χ0v) is 15.2. The highest BCUT2D eigenvalue weighted by Crippen LogP contribution is 2.24. The summed E-state index contributed by atoms with van der Waals surface area (Å²) in [6, 6.07) is 2.07. The van der Waals surface area contributed by atoms with E-state index < -0.39 is 11.6 Å². The van der Waals surface area contributed by atoms with Crippen molar-refractivity contribution in [2.24, 2.45) is 0 Å². The van der Waals surface area contributed by atoms with E-state index in [4.69, 9.17) is 4.74 Å². The van der Waals surface area contributed by atoms with Crippen molar-refractivity contribution in [2.75, 3.05) is 32.0 Å². The fourth-order valence-electron chi connectivity index (χ4n) is 3.47. The van der Waals surface area contributed by atoms with Crippen molar-refractivity contribution in [1.29, 1.82) is 0 Å². The molecule has 7 nitrogen and oxygen atoms in total. The number of piperidine rings is 1. The second kappa shape index (κ2) is 7.34. The lowest BCUT2D eigenvalue weighted by Crippen LogP contribution is -2.47. The molecule has 0 spiro atoms. The smallest absolute Gasteiger partial charge is 0.410 e. The molecule has 2 fully saturated rings. The van der Waals surface area contributed by atoms with Gasteiger partial charge in [-0.25, -0.2) is 18.6 Å². The van der Waals surface area contributed by atoms with Crippen molar-refractivity contribution in [3.05, 3.63) is 23.8 Å². The van der Waals surface area contributed by atoms with Crippen LogP contribution in [-0.2, 0) is 9.53 Å². The summed E-state index contributed by atoms with van der Waals surface area (Å²) in [7, 11) is 0. The van der Waals surface area contributed by atoms with Crippen molar-refractivity contribution in [3.63, 3.8) is 0 Å².